The van der Waals surface area contributed by atoms with Gasteiger partial charge in [0.05, 0.1) is 29.6 Å². The molecule has 0 radical (unpaired) electrons. The van der Waals surface area contributed by atoms with E-state index in [1.807, 2.05) is 55.4 Å². The third-order valence-electron chi connectivity index (χ3n) is 6.48. The Kier molecular flexibility index (Phi) is 7.12. The number of rotatable bonds is 8. The molecule has 1 aromatic heterocycles. The minimum atomic E-state index is 0.0581. The molecule has 2 heterocycles. The van der Waals surface area contributed by atoms with Crippen molar-refractivity contribution in [2.45, 2.75) is 11.8 Å². The van der Waals surface area contributed by atoms with Gasteiger partial charge in [0.1, 0.15) is 11.1 Å². The van der Waals surface area contributed by atoms with Crippen molar-refractivity contribution in [1.29, 1.82) is 0 Å². The van der Waals surface area contributed by atoms with Gasteiger partial charge in [-0.3, -0.25) is 4.79 Å². The molecule has 0 bridgehead atoms. The van der Waals surface area contributed by atoms with E-state index in [1.54, 1.807) is 18.9 Å². The number of benzene rings is 3. The number of hydrogen-bond donors (Lipinski definition) is 1. The molecule has 0 saturated carbocycles. The van der Waals surface area contributed by atoms with Gasteiger partial charge in [-0.25, -0.2) is 4.98 Å². The Balaban J connectivity index is 1.33. The van der Waals surface area contributed by atoms with Crippen LogP contribution in [-0.4, -0.2) is 55.8 Å². The topological polar surface area (TPSA) is 57.7 Å². The molecule has 0 spiro atoms. The highest BCUT2D eigenvalue weighted by molar-refractivity contribution is 8.00. The van der Waals surface area contributed by atoms with Crippen molar-refractivity contribution < 1.29 is 9.53 Å². The largest absolute Gasteiger partial charge is 0.497 e. The van der Waals surface area contributed by atoms with Gasteiger partial charge < -0.3 is 19.9 Å². The lowest BCUT2D eigenvalue weighted by atomic mass is 10.1. The molecule has 1 unspecified atom stereocenters. The summed E-state index contributed by atoms with van der Waals surface area (Å²) in [5, 5.41) is 6.34. The van der Waals surface area contributed by atoms with Gasteiger partial charge in [0.25, 0.3) is 0 Å². The van der Waals surface area contributed by atoms with E-state index in [2.05, 4.69) is 34.5 Å². The minimum absolute atomic E-state index is 0.0581. The summed E-state index contributed by atoms with van der Waals surface area (Å²) in [4.78, 5) is 21.6. The quantitative estimate of drug-likeness (QED) is 0.221. The predicted molar refractivity (Wildman–Crippen MR) is 152 cm³/mol. The van der Waals surface area contributed by atoms with E-state index in [0.717, 1.165) is 51.9 Å². The molecule has 186 valence electrons. The van der Waals surface area contributed by atoms with Crippen LogP contribution in [0.15, 0.2) is 60.7 Å². The number of ether oxygens (including phenoxy) is 1. The summed E-state index contributed by atoms with van der Waals surface area (Å²) in [5.41, 5.74) is 5.04. The van der Waals surface area contributed by atoms with E-state index in [-0.39, 0.29) is 11.3 Å². The Morgan fingerprint density at radius 3 is 2.64 bits per heavy atom. The van der Waals surface area contributed by atoms with Crippen LogP contribution in [0.3, 0.4) is 0 Å². The lowest BCUT2D eigenvalue weighted by Crippen LogP contribution is -2.30. The zero-order valence-electron chi connectivity index (χ0n) is 20.6. The summed E-state index contributed by atoms with van der Waals surface area (Å²) in [6.07, 6.45) is 0.821. The van der Waals surface area contributed by atoms with Crippen LogP contribution in [0.5, 0.6) is 5.75 Å². The monoisotopic (exact) mass is 520 g/mol. The van der Waals surface area contributed by atoms with Gasteiger partial charge in [0, 0.05) is 48.7 Å². The lowest BCUT2D eigenvalue weighted by molar-refractivity contribution is -0.128. The number of amides is 1. The zero-order valence-corrected chi connectivity index (χ0v) is 22.2. The summed E-state index contributed by atoms with van der Waals surface area (Å²) < 4.78 is 5.46. The molecule has 5 rings (SSSR count). The highest BCUT2D eigenvalue weighted by Crippen LogP contribution is 2.39. The van der Waals surface area contributed by atoms with Crippen LogP contribution in [-0.2, 0) is 4.79 Å². The first-order chi connectivity index (χ1) is 17.4. The zero-order chi connectivity index (χ0) is 25.2. The Bertz CT molecular complexity index is 1410. The fourth-order valence-corrected chi connectivity index (χ4v) is 5.97. The van der Waals surface area contributed by atoms with Gasteiger partial charge in [-0.15, -0.1) is 11.8 Å². The van der Waals surface area contributed by atoms with E-state index in [9.17, 15) is 4.79 Å². The maximum absolute atomic E-state index is 12.7. The lowest BCUT2D eigenvalue weighted by Gasteiger charge is -2.25. The van der Waals surface area contributed by atoms with Crippen molar-refractivity contribution in [2.24, 2.45) is 0 Å². The normalized spacial score (nSPS) is 15.6. The molecule has 1 N–H and O–H groups in total. The number of carbonyl (C=O) groups excluding carboxylic acids is 1. The molecule has 1 aliphatic heterocycles. The highest BCUT2D eigenvalue weighted by Gasteiger charge is 2.32. The van der Waals surface area contributed by atoms with Gasteiger partial charge in [-0.1, -0.05) is 23.7 Å². The number of pyridine rings is 1. The molecular formula is C28H29ClN4O2S. The first kappa shape index (κ1) is 24.5. The van der Waals surface area contributed by atoms with E-state index >= 15 is 0 Å². The molecule has 6 nitrogen and oxygen atoms in total. The van der Waals surface area contributed by atoms with Crippen molar-refractivity contribution in [2.75, 3.05) is 50.3 Å². The first-order valence-electron chi connectivity index (χ1n) is 11.9. The molecule has 1 saturated heterocycles. The molecule has 1 atom stereocenters. The summed E-state index contributed by atoms with van der Waals surface area (Å²) in [6.45, 7) is 1.41. The molecule has 0 aliphatic carbocycles. The summed E-state index contributed by atoms with van der Waals surface area (Å²) >= 11 is 7.95. The molecule has 36 heavy (non-hydrogen) atoms. The van der Waals surface area contributed by atoms with Crippen LogP contribution in [0.2, 0.25) is 5.02 Å². The van der Waals surface area contributed by atoms with Gasteiger partial charge in [0.15, 0.2) is 0 Å². The SMILES string of the molecule is COc1ccc2nc3cc(Cl)ccc3c(NCCCN3C(=O)CSC3c3ccc(N(C)C)cc3)c2c1. The van der Waals surface area contributed by atoms with Crippen molar-refractivity contribution in [1.82, 2.24) is 9.88 Å². The van der Waals surface area contributed by atoms with Crippen LogP contribution in [0, 0.1) is 0 Å². The number of fused-ring (bicyclic) bond motifs is 2. The third kappa shape index (κ3) is 4.90. The second kappa shape index (κ2) is 10.4. The molecule has 1 fully saturated rings. The molecule has 1 aliphatic rings. The van der Waals surface area contributed by atoms with Gasteiger partial charge in [-0.05, 0) is 60.5 Å². The molecule has 1 amide bonds. The number of anilines is 2. The second-order valence-electron chi connectivity index (χ2n) is 9.05. The number of carbonyl (C=O) groups is 1. The number of halogens is 1. The van der Waals surface area contributed by atoms with E-state index < -0.39 is 0 Å². The number of thioether (sulfide) groups is 1. The van der Waals surface area contributed by atoms with Crippen LogP contribution in [0.25, 0.3) is 21.8 Å². The first-order valence-corrected chi connectivity index (χ1v) is 13.4. The average Bonchev–Trinajstić information content (AvgIpc) is 3.25. The summed E-state index contributed by atoms with van der Waals surface area (Å²) in [6, 6.07) is 20.1. The minimum Gasteiger partial charge on any atom is -0.497 e. The molecule has 3 aromatic carbocycles. The van der Waals surface area contributed by atoms with Crippen molar-refractivity contribution >= 4 is 62.5 Å². The Labute approximate surface area is 220 Å². The number of nitrogens with zero attached hydrogens (tertiary/aromatic N) is 3. The van der Waals surface area contributed by atoms with Crippen molar-refractivity contribution in [3.63, 3.8) is 0 Å². The Morgan fingerprint density at radius 1 is 1.08 bits per heavy atom. The standard InChI is InChI=1S/C28H29ClN4O2S/c1-32(2)20-8-5-18(6-9-20)28-33(26(34)17-36-28)14-4-13-30-27-22-11-7-19(29)15-25(22)31-24-12-10-21(35-3)16-23(24)27/h5-12,15-16,28H,4,13-14,17H2,1-3H3,(H,30,31). The van der Waals surface area contributed by atoms with E-state index in [4.69, 9.17) is 21.3 Å². The summed E-state index contributed by atoms with van der Waals surface area (Å²) in [5.74, 6) is 1.50. The highest BCUT2D eigenvalue weighted by atomic mass is 35.5. The Hall–Kier alpha value is -3.16. The fraction of sp³-hybridized carbons (Fsp3) is 0.286. The number of hydrogen-bond acceptors (Lipinski definition) is 6. The van der Waals surface area contributed by atoms with Crippen LogP contribution < -0.4 is 15.0 Å². The van der Waals surface area contributed by atoms with Gasteiger partial charge in [0.2, 0.25) is 5.91 Å². The molecular weight excluding hydrogens is 492 g/mol. The third-order valence-corrected chi connectivity index (χ3v) is 7.97. The predicted octanol–water partition coefficient (Wildman–Crippen LogP) is 6.19. The summed E-state index contributed by atoms with van der Waals surface area (Å²) in [7, 11) is 5.72. The van der Waals surface area contributed by atoms with Gasteiger partial charge in [-0.2, -0.15) is 0 Å². The maximum Gasteiger partial charge on any atom is 0.233 e. The van der Waals surface area contributed by atoms with E-state index in [0.29, 0.717) is 17.3 Å². The smallest absolute Gasteiger partial charge is 0.233 e. The van der Waals surface area contributed by atoms with Crippen LogP contribution in [0.4, 0.5) is 11.4 Å². The Morgan fingerprint density at radius 2 is 1.89 bits per heavy atom. The average molecular weight is 521 g/mol. The molecule has 4 aromatic rings. The maximum atomic E-state index is 12.7. The number of nitrogens with one attached hydrogen (secondary N) is 1. The number of aromatic nitrogens is 1. The van der Waals surface area contributed by atoms with Crippen LogP contribution >= 0.6 is 23.4 Å². The van der Waals surface area contributed by atoms with Crippen LogP contribution in [0.1, 0.15) is 17.4 Å². The fourth-order valence-electron chi connectivity index (χ4n) is 4.59. The van der Waals surface area contributed by atoms with Crippen molar-refractivity contribution in [3.8, 4) is 5.75 Å². The van der Waals surface area contributed by atoms with E-state index in [1.165, 1.54) is 5.56 Å². The second-order valence-corrected chi connectivity index (χ2v) is 10.6. The van der Waals surface area contributed by atoms with Gasteiger partial charge >= 0.3 is 0 Å². The number of methoxy groups -OCH3 is 1. The van der Waals surface area contributed by atoms with Crippen molar-refractivity contribution in [3.05, 3.63) is 71.2 Å². The molecule has 8 heteroatoms.